The molecule has 86 valence electrons. The molecule has 0 fully saturated rings. The van der Waals surface area contributed by atoms with Crippen molar-refractivity contribution in [2.75, 3.05) is 0 Å². The molecule has 2 heterocycles. The summed E-state index contributed by atoms with van der Waals surface area (Å²) in [4.78, 5) is 0. The molecule has 3 rings (SSSR count). The van der Waals surface area contributed by atoms with Gasteiger partial charge in [-0.25, -0.2) is 0 Å². The van der Waals surface area contributed by atoms with Crippen LogP contribution in [0.25, 0.3) is 10.9 Å². The molecule has 0 aliphatic heterocycles. The van der Waals surface area contributed by atoms with Gasteiger partial charge in [-0.15, -0.1) is 0 Å². The van der Waals surface area contributed by atoms with Crippen LogP contribution in [0.2, 0.25) is 5.02 Å². The summed E-state index contributed by atoms with van der Waals surface area (Å²) in [5.41, 5.74) is 1.17. The fourth-order valence-corrected chi connectivity index (χ4v) is 2.16. The molecular formula is C13H12ClN3. The van der Waals surface area contributed by atoms with Crippen LogP contribution < -0.4 is 0 Å². The Morgan fingerprint density at radius 1 is 1.12 bits per heavy atom. The summed E-state index contributed by atoms with van der Waals surface area (Å²) in [6.45, 7) is 1.76. The second-order valence-electron chi connectivity index (χ2n) is 3.98. The van der Waals surface area contributed by atoms with E-state index in [2.05, 4.69) is 21.9 Å². The predicted octanol–water partition coefficient (Wildman–Crippen LogP) is 3.19. The first kappa shape index (κ1) is 10.4. The highest BCUT2D eigenvalue weighted by molar-refractivity contribution is 6.31. The summed E-state index contributed by atoms with van der Waals surface area (Å²) in [5.74, 6) is 0. The Morgan fingerprint density at radius 3 is 2.88 bits per heavy atom. The average molecular weight is 246 g/mol. The average Bonchev–Trinajstić information content (AvgIpc) is 2.94. The molecule has 0 bridgehead atoms. The van der Waals surface area contributed by atoms with Gasteiger partial charge in [-0.2, -0.15) is 5.10 Å². The van der Waals surface area contributed by atoms with Gasteiger partial charge in [0.15, 0.2) is 0 Å². The molecule has 0 atom stereocenters. The van der Waals surface area contributed by atoms with Crippen molar-refractivity contribution in [2.45, 2.75) is 13.1 Å². The number of aromatic nitrogens is 3. The van der Waals surface area contributed by atoms with Crippen LogP contribution in [0, 0.1) is 0 Å². The van der Waals surface area contributed by atoms with E-state index in [0.717, 1.165) is 18.1 Å². The van der Waals surface area contributed by atoms with Crippen molar-refractivity contribution in [3.63, 3.8) is 0 Å². The van der Waals surface area contributed by atoms with Gasteiger partial charge in [0.05, 0.1) is 6.54 Å². The number of aryl methyl sites for hydroxylation is 2. The fraction of sp³-hybridized carbons (Fsp3) is 0.154. The maximum absolute atomic E-state index is 6.02. The summed E-state index contributed by atoms with van der Waals surface area (Å²) in [7, 11) is 0. The van der Waals surface area contributed by atoms with Gasteiger partial charge in [-0.3, -0.25) is 4.68 Å². The molecule has 3 aromatic rings. The van der Waals surface area contributed by atoms with Crippen LogP contribution in [0.3, 0.4) is 0 Å². The molecule has 0 aliphatic rings. The van der Waals surface area contributed by atoms with Crippen LogP contribution in [-0.2, 0) is 13.1 Å². The number of halogens is 1. The van der Waals surface area contributed by atoms with Crippen LogP contribution in [-0.4, -0.2) is 14.3 Å². The monoisotopic (exact) mass is 245 g/mol. The van der Waals surface area contributed by atoms with Crippen molar-refractivity contribution in [3.05, 3.63) is 53.9 Å². The fourth-order valence-electron chi connectivity index (χ4n) is 1.99. The quantitative estimate of drug-likeness (QED) is 0.695. The molecule has 0 amide bonds. The van der Waals surface area contributed by atoms with Crippen molar-refractivity contribution >= 4 is 22.5 Å². The van der Waals surface area contributed by atoms with E-state index in [4.69, 9.17) is 11.6 Å². The van der Waals surface area contributed by atoms with Crippen LogP contribution in [0.1, 0.15) is 0 Å². The first-order valence-electron chi connectivity index (χ1n) is 5.55. The van der Waals surface area contributed by atoms with E-state index < -0.39 is 0 Å². The number of fused-ring (bicyclic) bond motifs is 1. The zero-order chi connectivity index (χ0) is 11.7. The van der Waals surface area contributed by atoms with Gasteiger partial charge in [0.25, 0.3) is 0 Å². The highest BCUT2D eigenvalue weighted by atomic mass is 35.5. The van der Waals surface area contributed by atoms with E-state index in [9.17, 15) is 0 Å². The van der Waals surface area contributed by atoms with Gasteiger partial charge in [0.2, 0.25) is 0 Å². The summed E-state index contributed by atoms with van der Waals surface area (Å²) in [5, 5.41) is 6.18. The standard InChI is InChI=1S/C13H12ClN3/c14-12-3-2-11-4-7-16(13(11)10-12)8-9-17-6-1-5-15-17/h1-7,10H,8-9H2. The lowest BCUT2D eigenvalue weighted by Gasteiger charge is -2.05. The Kier molecular flexibility index (Phi) is 2.61. The van der Waals surface area contributed by atoms with Crippen molar-refractivity contribution in [1.29, 1.82) is 0 Å². The molecule has 17 heavy (non-hydrogen) atoms. The van der Waals surface area contributed by atoms with E-state index in [1.54, 1.807) is 6.20 Å². The molecule has 0 unspecified atom stereocenters. The Morgan fingerprint density at radius 2 is 2.06 bits per heavy atom. The lowest BCUT2D eigenvalue weighted by molar-refractivity contribution is 0.543. The number of hydrogen-bond donors (Lipinski definition) is 0. The second kappa shape index (κ2) is 4.26. The van der Waals surface area contributed by atoms with Crippen molar-refractivity contribution in [1.82, 2.24) is 14.3 Å². The summed E-state index contributed by atoms with van der Waals surface area (Å²) < 4.78 is 4.12. The molecule has 4 heteroatoms. The normalized spacial score (nSPS) is 11.1. The highest BCUT2D eigenvalue weighted by Gasteiger charge is 2.01. The van der Waals surface area contributed by atoms with Crippen LogP contribution >= 0.6 is 11.6 Å². The predicted molar refractivity (Wildman–Crippen MR) is 69.2 cm³/mol. The van der Waals surface area contributed by atoms with Crippen molar-refractivity contribution < 1.29 is 0 Å². The zero-order valence-corrected chi connectivity index (χ0v) is 10.0. The maximum atomic E-state index is 6.02. The molecule has 3 nitrogen and oxygen atoms in total. The summed E-state index contributed by atoms with van der Waals surface area (Å²) >= 11 is 6.02. The van der Waals surface area contributed by atoms with Gasteiger partial charge >= 0.3 is 0 Å². The van der Waals surface area contributed by atoms with E-state index >= 15 is 0 Å². The van der Waals surface area contributed by atoms with Crippen molar-refractivity contribution in [2.24, 2.45) is 0 Å². The Bertz CT molecular complexity index is 625. The third kappa shape index (κ3) is 2.06. The summed E-state index contributed by atoms with van der Waals surface area (Å²) in [6.07, 6.45) is 5.85. The van der Waals surface area contributed by atoms with Gasteiger partial charge in [-0.1, -0.05) is 17.7 Å². The largest absolute Gasteiger partial charge is 0.346 e. The lowest BCUT2D eigenvalue weighted by atomic mass is 10.2. The molecule has 0 saturated heterocycles. The van der Waals surface area contributed by atoms with E-state index in [0.29, 0.717) is 0 Å². The molecular weight excluding hydrogens is 234 g/mol. The van der Waals surface area contributed by atoms with Gasteiger partial charge in [-0.05, 0) is 29.7 Å². The number of nitrogens with zero attached hydrogens (tertiary/aromatic N) is 3. The van der Waals surface area contributed by atoms with Gasteiger partial charge < -0.3 is 4.57 Å². The van der Waals surface area contributed by atoms with Gasteiger partial charge in [0, 0.05) is 35.7 Å². The molecule has 1 aromatic carbocycles. The third-order valence-corrected chi connectivity index (χ3v) is 3.10. The Balaban J connectivity index is 1.87. The number of rotatable bonds is 3. The second-order valence-corrected chi connectivity index (χ2v) is 4.42. The number of benzene rings is 1. The van der Waals surface area contributed by atoms with Crippen molar-refractivity contribution in [3.8, 4) is 0 Å². The molecule has 2 aromatic heterocycles. The van der Waals surface area contributed by atoms with Crippen LogP contribution in [0.15, 0.2) is 48.9 Å². The Hall–Kier alpha value is -1.74. The topological polar surface area (TPSA) is 22.8 Å². The zero-order valence-electron chi connectivity index (χ0n) is 9.25. The smallest absolute Gasteiger partial charge is 0.0588 e. The molecule has 0 N–H and O–H groups in total. The molecule has 0 radical (unpaired) electrons. The third-order valence-electron chi connectivity index (χ3n) is 2.87. The highest BCUT2D eigenvalue weighted by Crippen LogP contribution is 2.20. The van der Waals surface area contributed by atoms with E-state index in [-0.39, 0.29) is 0 Å². The first-order valence-corrected chi connectivity index (χ1v) is 5.92. The Labute approximate surface area is 104 Å². The maximum Gasteiger partial charge on any atom is 0.0588 e. The SMILES string of the molecule is Clc1ccc2ccn(CCn3cccn3)c2c1. The minimum atomic E-state index is 0.775. The lowest BCUT2D eigenvalue weighted by Crippen LogP contribution is -2.06. The number of hydrogen-bond acceptors (Lipinski definition) is 1. The molecule has 0 saturated carbocycles. The van der Waals surface area contributed by atoms with Crippen LogP contribution in [0.5, 0.6) is 0 Å². The van der Waals surface area contributed by atoms with Crippen LogP contribution in [0.4, 0.5) is 0 Å². The van der Waals surface area contributed by atoms with Gasteiger partial charge in [0.1, 0.15) is 0 Å². The minimum Gasteiger partial charge on any atom is -0.346 e. The molecule has 0 spiro atoms. The van der Waals surface area contributed by atoms with E-state index in [1.807, 2.05) is 35.1 Å². The first-order chi connectivity index (χ1) is 8.33. The van der Waals surface area contributed by atoms with E-state index in [1.165, 1.54) is 10.9 Å². The summed E-state index contributed by atoms with van der Waals surface area (Å²) in [6, 6.07) is 10.0. The molecule has 0 aliphatic carbocycles. The minimum absolute atomic E-state index is 0.775.